The third-order valence-electron chi connectivity index (χ3n) is 5.23. The van der Waals surface area contributed by atoms with Gasteiger partial charge in [-0.1, -0.05) is 41.4 Å². The molecule has 3 rings (SSSR count). The van der Waals surface area contributed by atoms with E-state index in [0.717, 1.165) is 11.1 Å². The van der Waals surface area contributed by atoms with Crippen molar-refractivity contribution in [3.8, 4) is 11.1 Å². The maximum absolute atomic E-state index is 12.8. The Balaban J connectivity index is 1.64. The van der Waals surface area contributed by atoms with Gasteiger partial charge in [0.25, 0.3) is 5.91 Å². The molecule has 1 fully saturated rings. The highest BCUT2D eigenvalue weighted by Gasteiger charge is 2.33. The zero-order valence-electron chi connectivity index (χ0n) is 16.4. The Morgan fingerprint density at radius 3 is 2.17 bits per heavy atom. The van der Waals surface area contributed by atoms with Crippen LogP contribution in [0.3, 0.4) is 0 Å². The number of piperidine rings is 1. The van der Waals surface area contributed by atoms with Crippen molar-refractivity contribution >= 4 is 44.9 Å². The van der Waals surface area contributed by atoms with Gasteiger partial charge in [0, 0.05) is 25.7 Å². The summed E-state index contributed by atoms with van der Waals surface area (Å²) in [6.45, 7) is 0.677. The molecule has 0 radical (unpaired) electrons. The minimum Gasteiger partial charge on any atom is -0.358 e. The van der Waals surface area contributed by atoms with Gasteiger partial charge in [-0.15, -0.1) is 0 Å². The van der Waals surface area contributed by atoms with E-state index in [-0.39, 0.29) is 5.91 Å². The van der Waals surface area contributed by atoms with Crippen molar-refractivity contribution in [2.75, 3.05) is 25.9 Å². The minimum atomic E-state index is -3.52. The first-order valence-electron chi connectivity index (χ1n) is 9.48. The molecule has 30 heavy (non-hydrogen) atoms. The zero-order chi connectivity index (χ0) is 21.9. The lowest BCUT2D eigenvalue weighted by atomic mass is 10.0. The molecule has 1 aliphatic heterocycles. The third kappa shape index (κ3) is 5.14. The largest absolute Gasteiger partial charge is 0.358 e. The van der Waals surface area contributed by atoms with Crippen LogP contribution >= 0.6 is 23.2 Å². The number of amides is 2. The highest BCUT2D eigenvalue weighted by Crippen LogP contribution is 2.29. The number of hydrogen-bond acceptors (Lipinski definition) is 4. The topological polar surface area (TPSA) is 83.6 Å². The number of nitrogens with zero attached hydrogens (tertiary/aromatic N) is 1. The van der Waals surface area contributed by atoms with Gasteiger partial charge >= 0.3 is 0 Å². The van der Waals surface area contributed by atoms with Crippen LogP contribution in [0.5, 0.6) is 0 Å². The van der Waals surface area contributed by atoms with Crippen molar-refractivity contribution in [2.45, 2.75) is 18.1 Å². The number of carbonyl (C=O) groups excluding carboxylic acids is 2. The Labute approximate surface area is 186 Å². The fourth-order valence-electron chi connectivity index (χ4n) is 3.45. The summed E-state index contributed by atoms with van der Waals surface area (Å²) in [5.41, 5.74) is 2.33. The van der Waals surface area contributed by atoms with Crippen molar-refractivity contribution in [3.05, 3.63) is 58.1 Å². The van der Waals surface area contributed by atoms with Gasteiger partial charge in [-0.3, -0.25) is 9.59 Å². The molecule has 1 heterocycles. The summed E-state index contributed by atoms with van der Waals surface area (Å²) in [6.07, 6.45) is 0.652. The van der Waals surface area contributed by atoms with Gasteiger partial charge in [0.2, 0.25) is 5.91 Å². The van der Waals surface area contributed by atoms with Crippen molar-refractivity contribution in [3.63, 3.8) is 0 Å². The molecule has 9 heteroatoms. The van der Waals surface area contributed by atoms with Crippen LogP contribution in [0.1, 0.15) is 23.2 Å². The van der Waals surface area contributed by atoms with Crippen LogP contribution in [0.25, 0.3) is 11.1 Å². The normalized spacial score (nSPS) is 15.1. The standard InChI is InChI=1S/C21H22Cl2N2O4S/c1-24-20(26)13-30(28,29)17-8-10-25(11-9-17)21(27)15-4-2-14(3-5-15)16-6-7-18(22)19(23)12-16/h2-7,12,17H,8-11,13H2,1H3,(H,24,26). The number of benzene rings is 2. The van der Waals surface area contributed by atoms with Gasteiger partial charge in [0.05, 0.1) is 15.3 Å². The number of nitrogens with one attached hydrogen (secondary N) is 1. The predicted molar refractivity (Wildman–Crippen MR) is 119 cm³/mol. The zero-order valence-corrected chi connectivity index (χ0v) is 18.7. The van der Waals surface area contributed by atoms with Crippen molar-refractivity contribution in [1.29, 1.82) is 0 Å². The van der Waals surface area contributed by atoms with Crippen LogP contribution in [-0.2, 0) is 14.6 Å². The Bertz CT molecular complexity index is 1050. The molecule has 0 saturated carbocycles. The second-order valence-corrected chi connectivity index (χ2v) is 10.3. The first-order chi connectivity index (χ1) is 14.2. The van der Waals surface area contributed by atoms with Crippen LogP contribution in [0.2, 0.25) is 10.0 Å². The molecule has 0 aromatic heterocycles. The number of likely N-dealkylation sites (tertiary alicyclic amines) is 1. The summed E-state index contributed by atoms with van der Waals surface area (Å²) in [5, 5.41) is 2.67. The van der Waals surface area contributed by atoms with Crippen LogP contribution in [0.4, 0.5) is 0 Å². The third-order valence-corrected chi connectivity index (χ3v) is 8.12. The molecular formula is C21H22Cl2N2O4S. The van der Waals surface area contributed by atoms with Gasteiger partial charge in [-0.05, 0) is 48.2 Å². The summed E-state index contributed by atoms with van der Waals surface area (Å²) in [7, 11) is -2.11. The van der Waals surface area contributed by atoms with E-state index in [9.17, 15) is 18.0 Å². The van der Waals surface area contributed by atoms with E-state index in [2.05, 4.69) is 5.32 Å². The van der Waals surface area contributed by atoms with Crippen LogP contribution in [0.15, 0.2) is 42.5 Å². The fraction of sp³-hybridized carbons (Fsp3) is 0.333. The Morgan fingerprint density at radius 2 is 1.60 bits per heavy atom. The summed E-state index contributed by atoms with van der Waals surface area (Å²) < 4.78 is 24.7. The molecule has 0 spiro atoms. The van der Waals surface area contributed by atoms with Crippen molar-refractivity contribution in [2.24, 2.45) is 0 Å². The molecule has 0 unspecified atom stereocenters. The number of carbonyl (C=O) groups is 2. The quantitative estimate of drug-likeness (QED) is 0.728. The van der Waals surface area contributed by atoms with E-state index < -0.39 is 26.7 Å². The van der Waals surface area contributed by atoms with E-state index in [1.165, 1.54) is 7.05 Å². The van der Waals surface area contributed by atoms with E-state index in [1.54, 1.807) is 29.2 Å². The number of rotatable bonds is 5. The molecule has 1 N–H and O–H groups in total. The number of halogens is 2. The lowest BCUT2D eigenvalue weighted by Gasteiger charge is -2.31. The average Bonchev–Trinajstić information content (AvgIpc) is 2.75. The summed E-state index contributed by atoms with van der Waals surface area (Å²) in [4.78, 5) is 25.9. The summed E-state index contributed by atoms with van der Waals surface area (Å²) in [6, 6.07) is 12.5. The van der Waals surface area contributed by atoms with E-state index in [1.807, 2.05) is 18.2 Å². The van der Waals surface area contributed by atoms with Gasteiger partial charge in [-0.25, -0.2) is 8.42 Å². The van der Waals surface area contributed by atoms with Gasteiger partial charge in [0.1, 0.15) is 5.75 Å². The van der Waals surface area contributed by atoms with Crippen LogP contribution in [-0.4, -0.2) is 56.3 Å². The lowest BCUT2D eigenvalue weighted by molar-refractivity contribution is -0.118. The first kappa shape index (κ1) is 22.6. The van der Waals surface area contributed by atoms with Crippen LogP contribution < -0.4 is 5.32 Å². The first-order valence-corrected chi connectivity index (χ1v) is 12.0. The minimum absolute atomic E-state index is 0.141. The highest BCUT2D eigenvalue weighted by molar-refractivity contribution is 7.92. The molecule has 2 aromatic rings. The van der Waals surface area contributed by atoms with Crippen molar-refractivity contribution in [1.82, 2.24) is 10.2 Å². The van der Waals surface area contributed by atoms with Crippen molar-refractivity contribution < 1.29 is 18.0 Å². The summed E-state index contributed by atoms with van der Waals surface area (Å²) >= 11 is 12.0. The number of hydrogen-bond donors (Lipinski definition) is 1. The monoisotopic (exact) mass is 468 g/mol. The second kappa shape index (κ2) is 9.37. The van der Waals surface area contributed by atoms with E-state index in [0.29, 0.717) is 41.5 Å². The Morgan fingerprint density at radius 1 is 1.00 bits per heavy atom. The fourth-order valence-corrected chi connectivity index (χ4v) is 5.43. The highest BCUT2D eigenvalue weighted by atomic mass is 35.5. The van der Waals surface area contributed by atoms with Gasteiger partial charge in [-0.2, -0.15) is 0 Å². The molecule has 2 amide bonds. The van der Waals surface area contributed by atoms with E-state index in [4.69, 9.17) is 23.2 Å². The molecular weight excluding hydrogens is 447 g/mol. The maximum atomic E-state index is 12.8. The molecule has 0 bridgehead atoms. The predicted octanol–water partition coefficient (Wildman–Crippen LogP) is 3.43. The van der Waals surface area contributed by atoms with Gasteiger partial charge in [0.15, 0.2) is 9.84 Å². The smallest absolute Gasteiger partial charge is 0.253 e. The molecule has 6 nitrogen and oxygen atoms in total. The molecule has 2 aromatic carbocycles. The molecule has 160 valence electrons. The molecule has 1 aliphatic rings. The molecule has 1 saturated heterocycles. The lowest BCUT2D eigenvalue weighted by Crippen LogP contribution is -2.44. The molecule has 0 aliphatic carbocycles. The summed E-state index contributed by atoms with van der Waals surface area (Å²) in [5.74, 6) is -1.17. The number of sulfone groups is 1. The maximum Gasteiger partial charge on any atom is 0.253 e. The Hall–Kier alpha value is -2.09. The Kier molecular flexibility index (Phi) is 7.06. The molecule has 0 atom stereocenters. The second-order valence-electron chi connectivity index (χ2n) is 7.18. The average molecular weight is 469 g/mol. The van der Waals surface area contributed by atoms with Crippen LogP contribution in [0, 0.1) is 0 Å². The SMILES string of the molecule is CNC(=O)CS(=O)(=O)C1CCN(C(=O)c2ccc(-c3ccc(Cl)c(Cl)c3)cc2)CC1. The van der Waals surface area contributed by atoms with E-state index >= 15 is 0 Å². The van der Waals surface area contributed by atoms with Gasteiger partial charge < -0.3 is 10.2 Å².